The second-order valence-electron chi connectivity index (χ2n) is 8.94. The number of hydrogen-bond donors (Lipinski definition) is 2. The van der Waals surface area contributed by atoms with Crippen molar-refractivity contribution >= 4 is 28.4 Å². The van der Waals surface area contributed by atoms with Gasteiger partial charge in [0.1, 0.15) is 17.3 Å². The molecule has 1 aliphatic heterocycles. The van der Waals surface area contributed by atoms with Crippen molar-refractivity contribution in [2.45, 2.75) is 44.6 Å². The largest absolute Gasteiger partial charge is 0.366 e. The van der Waals surface area contributed by atoms with Gasteiger partial charge in [0, 0.05) is 29.6 Å². The molecule has 8 nitrogen and oxygen atoms in total. The van der Waals surface area contributed by atoms with Crippen LogP contribution in [0.5, 0.6) is 0 Å². The molecule has 1 saturated carbocycles. The van der Waals surface area contributed by atoms with Crippen LogP contribution in [0.3, 0.4) is 0 Å². The number of carbonyl (C=O) groups is 1. The summed E-state index contributed by atoms with van der Waals surface area (Å²) < 4.78 is 0. The van der Waals surface area contributed by atoms with E-state index in [9.17, 15) is 4.79 Å². The van der Waals surface area contributed by atoms with Crippen molar-refractivity contribution in [2.75, 3.05) is 30.8 Å². The fourth-order valence-electron chi connectivity index (χ4n) is 4.56. The Bertz CT molecular complexity index is 1100. The van der Waals surface area contributed by atoms with Gasteiger partial charge in [0.05, 0.1) is 23.6 Å². The van der Waals surface area contributed by atoms with E-state index in [1.54, 1.807) is 18.6 Å². The second-order valence-corrected chi connectivity index (χ2v) is 8.94. The minimum atomic E-state index is 0.0593. The van der Waals surface area contributed by atoms with Crippen molar-refractivity contribution in [3.8, 4) is 11.4 Å². The summed E-state index contributed by atoms with van der Waals surface area (Å²) in [7, 11) is 2.16. The Hall–Kier alpha value is -3.13. The molecular formula is C24H29N7O. The third kappa shape index (κ3) is 4.70. The summed E-state index contributed by atoms with van der Waals surface area (Å²) in [6.45, 7) is 2.18. The van der Waals surface area contributed by atoms with Crippen LogP contribution in [0.25, 0.3) is 22.3 Å². The van der Waals surface area contributed by atoms with Gasteiger partial charge in [0.25, 0.3) is 0 Å². The van der Waals surface area contributed by atoms with Crippen LogP contribution < -0.4 is 10.6 Å². The average Bonchev–Trinajstić information content (AvgIpc) is 3.36. The Labute approximate surface area is 187 Å². The van der Waals surface area contributed by atoms with E-state index >= 15 is 0 Å². The highest BCUT2D eigenvalue weighted by atomic mass is 16.1. The average molecular weight is 432 g/mol. The molecule has 2 N–H and O–H groups in total. The number of likely N-dealkylation sites (tertiary alicyclic amines) is 1. The minimum absolute atomic E-state index is 0.0593. The van der Waals surface area contributed by atoms with E-state index in [-0.39, 0.29) is 11.8 Å². The predicted molar refractivity (Wildman–Crippen MR) is 125 cm³/mol. The molecule has 32 heavy (non-hydrogen) atoms. The summed E-state index contributed by atoms with van der Waals surface area (Å²) in [6, 6.07) is 6.16. The van der Waals surface area contributed by atoms with Crippen molar-refractivity contribution in [1.29, 1.82) is 0 Å². The molecule has 4 heterocycles. The van der Waals surface area contributed by atoms with E-state index in [2.05, 4.69) is 32.5 Å². The summed E-state index contributed by atoms with van der Waals surface area (Å²) >= 11 is 0. The highest BCUT2D eigenvalue weighted by Crippen LogP contribution is 2.27. The highest BCUT2D eigenvalue weighted by molar-refractivity contribution is 5.93. The summed E-state index contributed by atoms with van der Waals surface area (Å²) in [5, 5.41) is 7.40. The molecule has 1 amide bonds. The number of nitrogens with one attached hydrogen (secondary N) is 2. The topological polar surface area (TPSA) is 95.9 Å². The third-order valence-electron chi connectivity index (χ3n) is 6.52. The lowest BCUT2D eigenvalue weighted by Gasteiger charge is -2.29. The lowest BCUT2D eigenvalue weighted by Crippen LogP contribution is -2.36. The molecule has 5 rings (SSSR count). The van der Waals surface area contributed by atoms with Crippen molar-refractivity contribution in [3.05, 3.63) is 36.8 Å². The van der Waals surface area contributed by atoms with E-state index in [4.69, 9.17) is 9.97 Å². The van der Waals surface area contributed by atoms with E-state index in [1.165, 1.54) is 0 Å². The maximum absolute atomic E-state index is 12.5. The smallest absolute Gasteiger partial charge is 0.228 e. The predicted octanol–water partition coefficient (Wildman–Crippen LogP) is 3.72. The van der Waals surface area contributed by atoms with Crippen molar-refractivity contribution < 1.29 is 4.79 Å². The minimum Gasteiger partial charge on any atom is -0.366 e. The number of fused-ring (bicyclic) bond motifs is 1. The lowest BCUT2D eigenvalue weighted by molar-refractivity contribution is -0.119. The first-order valence-corrected chi connectivity index (χ1v) is 11.5. The SMILES string of the molecule is CN1CCC(Nc2cncc(-c3ccc4cnc(NC(=O)C5CCCC5)cc4n3)n2)CC1. The summed E-state index contributed by atoms with van der Waals surface area (Å²) in [5.74, 6) is 1.48. The number of piperidine rings is 1. The molecule has 2 aliphatic rings. The van der Waals surface area contributed by atoms with Crippen LogP contribution in [0.4, 0.5) is 11.6 Å². The maximum Gasteiger partial charge on any atom is 0.228 e. The zero-order chi connectivity index (χ0) is 21.9. The Balaban J connectivity index is 1.34. The van der Waals surface area contributed by atoms with Crippen LogP contribution in [0.2, 0.25) is 0 Å². The van der Waals surface area contributed by atoms with Crippen LogP contribution in [-0.2, 0) is 4.79 Å². The van der Waals surface area contributed by atoms with E-state index in [0.717, 1.165) is 79.7 Å². The third-order valence-corrected chi connectivity index (χ3v) is 6.52. The zero-order valence-electron chi connectivity index (χ0n) is 18.4. The zero-order valence-corrected chi connectivity index (χ0v) is 18.4. The van der Waals surface area contributed by atoms with Gasteiger partial charge < -0.3 is 15.5 Å². The van der Waals surface area contributed by atoms with Gasteiger partial charge in [-0.25, -0.2) is 15.0 Å². The maximum atomic E-state index is 12.5. The lowest BCUT2D eigenvalue weighted by atomic mass is 10.1. The molecule has 166 valence electrons. The van der Waals surface area contributed by atoms with E-state index < -0.39 is 0 Å². The van der Waals surface area contributed by atoms with Gasteiger partial charge >= 0.3 is 0 Å². The van der Waals surface area contributed by atoms with Gasteiger partial charge in [-0.15, -0.1) is 0 Å². The van der Waals surface area contributed by atoms with Crippen LogP contribution in [0.1, 0.15) is 38.5 Å². The molecular weight excluding hydrogens is 402 g/mol. The summed E-state index contributed by atoms with van der Waals surface area (Å²) in [5.41, 5.74) is 2.24. The summed E-state index contributed by atoms with van der Waals surface area (Å²) in [6.07, 6.45) is 11.6. The van der Waals surface area contributed by atoms with Gasteiger partial charge in [0.2, 0.25) is 5.91 Å². The Kier molecular flexibility index (Phi) is 5.94. The first-order chi connectivity index (χ1) is 15.6. The van der Waals surface area contributed by atoms with E-state index in [1.807, 2.05) is 18.2 Å². The molecule has 1 aliphatic carbocycles. The van der Waals surface area contributed by atoms with Crippen LogP contribution in [0.15, 0.2) is 36.8 Å². The monoisotopic (exact) mass is 431 g/mol. The number of nitrogens with zero attached hydrogens (tertiary/aromatic N) is 5. The van der Waals surface area contributed by atoms with Crippen LogP contribution in [-0.4, -0.2) is 56.9 Å². The van der Waals surface area contributed by atoms with Gasteiger partial charge in [-0.3, -0.25) is 9.78 Å². The van der Waals surface area contributed by atoms with E-state index in [0.29, 0.717) is 11.9 Å². The molecule has 1 saturated heterocycles. The number of anilines is 2. The number of aromatic nitrogens is 4. The molecule has 0 radical (unpaired) electrons. The molecule has 3 aromatic heterocycles. The van der Waals surface area contributed by atoms with Crippen LogP contribution >= 0.6 is 0 Å². The molecule has 0 unspecified atom stereocenters. The van der Waals surface area contributed by atoms with Gasteiger partial charge in [0.15, 0.2) is 0 Å². The van der Waals surface area contributed by atoms with Gasteiger partial charge in [-0.2, -0.15) is 0 Å². The number of pyridine rings is 2. The number of carbonyl (C=O) groups excluding carboxylic acids is 1. The normalized spacial score (nSPS) is 18.2. The first-order valence-electron chi connectivity index (χ1n) is 11.5. The molecule has 0 atom stereocenters. The molecule has 0 aromatic carbocycles. The Morgan fingerprint density at radius 2 is 1.78 bits per heavy atom. The van der Waals surface area contributed by atoms with Crippen molar-refractivity contribution in [1.82, 2.24) is 24.8 Å². The Morgan fingerprint density at radius 3 is 2.59 bits per heavy atom. The molecule has 0 spiro atoms. The fraction of sp³-hybridized carbons (Fsp3) is 0.458. The van der Waals surface area contributed by atoms with Crippen molar-refractivity contribution in [3.63, 3.8) is 0 Å². The van der Waals surface area contributed by atoms with Crippen LogP contribution in [0, 0.1) is 5.92 Å². The molecule has 8 heteroatoms. The number of amides is 1. The molecule has 2 fully saturated rings. The second kappa shape index (κ2) is 9.16. The fourth-order valence-corrected chi connectivity index (χ4v) is 4.56. The molecule has 3 aromatic rings. The quantitative estimate of drug-likeness (QED) is 0.635. The standard InChI is InChI=1S/C24H29N7O/c1-31-10-8-18(9-11-31)27-23-15-25-14-21(29-23)19-7-6-17-13-26-22(12-20(17)28-19)30-24(32)16-4-2-3-5-16/h6-7,12-16,18H,2-5,8-11H2,1H3,(H,27,29)(H,26,30,32). The highest BCUT2D eigenvalue weighted by Gasteiger charge is 2.23. The number of hydrogen-bond acceptors (Lipinski definition) is 7. The molecule has 0 bridgehead atoms. The van der Waals surface area contributed by atoms with Gasteiger partial charge in [-0.1, -0.05) is 12.8 Å². The summed E-state index contributed by atoms with van der Waals surface area (Å²) in [4.78, 5) is 33.1. The Morgan fingerprint density at radius 1 is 0.969 bits per heavy atom. The number of rotatable bonds is 5. The van der Waals surface area contributed by atoms with Gasteiger partial charge in [-0.05, 0) is 58.0 Å². The first kappa shape index (κ1) is 20.8. The van der Waals surface area contributed by atoms with Crippen molar-refractivity contribution in [2.24, 2.45) is 5.92 Å².